The molecule has 0 saturated carbocycles. The van der Waals surface area contributed by atoms with E-state index in [9.17, 15) is 24.0 Å². The first-order valence-electron chi connectivity index (χ1n) is 16.6. The summed E-state index contributed by atoms with van der Waals surface area (Å²) in [6, 6.07) is 6.02. The van der Waals surface area contributed by atoms with Gasteiger partial charge in [0.1, 0.15) is 30.3 Å². The minimum atomic E-state index is -1.29. The topological polar surface area (TPSA) is 144 Å². The summed E-state index contributed by atoms with van der Waals surface area (Å²) in [6.07, 6.45) is 4.83. The van der Waals surface area contributed by atoms with Crippen LogP contribution in [0.15, 0.2) is 55.6 Å². The molecule has 1 saturated heterocycles. The predicted molar refractivity (Wildman–Crippen MR) is 183 cm³/mol. The number of nitrogens with zero attached hydrogens (tertiary/aromatic N) is 2. The van der Waals surface area contributed by atoms with Crippen LogP contribution < -0.4 is 10.6 Å². The zero-order chi connectivity index (χ0) is 35.9. The van der Waals surface area contributed by atoms with Gasteiger partial charge in [-0.2, -0.15) is 0 Å². The van der Waals surface area contributed by atoms with Crippen LogP contribution in [0.1, 0.15) is 72.3 Å². The molecule has 1 heterocycles. The lowest BCUT2D eigenvalue weighted by Crippen LogP contribution is -2.59. The quantitative estimate of drug-likeness (QED) is 0.102. The van der Waals surface area contributed by atoms with Gasteiger partial charge in [0.15, 0.2) is 0 Å². The molecule has 12 heteroatoms. The molecule has 12 nitrogen and oxygen atoms in total. The van der Waals surface area contributed by atoms with Crippen LogP contribution >= 0.6 is 0 Å². The van der Waals surface area contributed by atoms with E-state index in [1.54, 1.807) is 26.8 Å². The maximum atomic E-state index is 14.4. The largest absolute Gasteiger partial charge is 0.467 e. The number of nitrogens with one attached hydrogen (secondary N) is 2. The summed E-state index contributed by atoms with van der Waals surface area (Å²) < 4.78 is 15.9. The molecule has 1 aliphatic heterocycles. The third-order valence-electron chi connectivity index (χ3n) is 8.01. The molecule has 4 amide bonds. The number of allylic oxidation sites excluding steroid dienone is 1. The second-order valence-electron chi connectivity index (χ2n) is 13.3. The van der Waals surface area contributed by atoms with Crippen LogP contribution in [0.25, 0.3) is 0 Å². The van der Waals surface area contributed by atoms with Crippen molar-refractivity contribution in [1.29, 1.82) is 0 Å². The molecule has 1 aromatic carbocycles. The number of ether oxygens (including phenoxy) is 3. The highest BCUT2D eigenvalue weighted by atomic mass is 16.6. The molecule has 266 valence electrons. The molecular weight excluding hydrogens is 616 g/mol. The van der Waals surface area contributed by atoms with E-state index in [1.165, 1.54) is 23.0 Å². The number of amides is 4. The summed E-state index contributed by atoms with van der Waals surface area (Å²) in [5.41, 5.74) is -0.0824. The standard InChI is InChI=1S/C36H54N4O8/c1-9-11-12-16-19-28(33(43)46-8)37-31(41)30-27(25(3)4)20-22-40(30)32(42)29(38-34(44)48-36(5,6)7)23-39(21-10-2)35(45)47-24-26-17-14-13-15-18-26/h9-10,13-15,17-18,25,27-30H,1-2,11-12,16,19-24H2,3-8H3,(H,37,41)(H,38,44)/t27-,28+,29+,30+/m1/s1. The molecule has 2 N–H and O–H groups in total. The zero-order valence-corrected chi connectivity index (χ0v) is 29.4. The number of hydrogen-bond donors (Lipinski definition) is 2. The van der Waals surface area contributed by atoms with Crippen molar-refractivity contribution >= 4 is 30.0 Å². The number of benzene rings is 1. The van der Waals surface area contributed by atoms with Crippen molar-refractivity contribution in [2.45, 2.75) is 97.1 Å². The maximum Gasteiger partial charge on any atom is 0.410 e. The minimum Gasteiger partial charge on any atom is -0.467 e. The Balaban J connectivity index is 2.38. The van der Waals surface area contributed by atoms with Gasteiger partial charge in [-0.15, -0.1) is 13.2 Å². The van der Waals surface area contributed by atoms with E-state index in [0.717, 1.165) is 18.4 Å². The first kappa shape index (κ1) is 39.8. The summed E-state index contributed by atoms with van der Waals surface area (Å²) >= 11 is 0. The second-order valence-corrected chi connectivity index (χ2v) is 13.3. The van der Waals surface area contributed by atoms with Crippen LogP contribution in [0, 0.1) is 11.8 Å². The van der Waals surface area contributed by atoms with Crippen molar-refractivity contribution in [3.8, 4) is 0 Å². The number of carbonyl (C=O) groups excluding carboxylic acids is 5. The van der Waals surface area contributed by atoms with E-state index in [2.05, 4.69) is 23.8 Å². The molecule has 0 unspecified atom stereocenters. The Morgan fingerprint density at radius 2 is 1.71 bits per heavy atom. The number of alkyl carbamates (subject to hydrolysis) is 1. The van der Waals surface area contributed by atoms with Gasteiger partial charge in [0.2, 0.25) is 11.8 Å². The Hall–Kier alpha value is -4.35. The van der Waals surface area contributed by atoms with Crippen molar-refractivity contribution < 1.29 is 38.2 Å². The Morgan fingerprint density at radius 3 is 2.29 bits per heavy atom. The minimum absolute atomic E-state index is 0.00477. The third-order valence-corrected chi connectivity index (χ3v) is 8.01. The molecule has 2 rings (SSSR count). The number of esters is 1. The van der Waals surface area contributed by atoms with Gasteiger partial charge >= 0.3 is 18.2 Å². The van der Waals surface area contributed by atoms with Crippen molar-refractivity contribution in [1.82, 2.24) is 20.4 Å². The van der Waals surface area contributed by atoms with Crippen molar-refractivity contribution in [3.63, 3.8) is 0 Å². The zero-order valence-electron chi connectivity index (χ0n) is 29.4. The highest BCUT2D eigenvalue weighted by molar-refractivity contribution is 5.94. The molecule has 0 radical (unpaired) electrons. The van der Waals surface area contributed by atoms with Gasteiger partial charge in [0.25, 0.3) is 0 Å². The van der Waals surface area contributed by atoms with Crippen LogP contribution in [0.4, 0.5) is 9.59 Å². The van der Waals surface area contributed by atoms with Gasteiger partial charge in [0, 0.05) is 13.1 Å². The number of unbranched alkanes of at least 4 members (excludes halogenated alkanes) is 2. The molecule has 0 bridgehead atoms. The van der Waals surface area contributed by atoms with E-state index < -0.39 is 53.7 Å². The SMILES string of the molecule is C=CCCCC[C@H](NC(=O)[C@@H]1[C@@H](C(C)C)CCN1C(=O)[C@H](CN(CC=C)C(=O)OCc1ccccc1)NC(=O)OC(C)(C)C)C(=O)OC. The lowest BCUT2D eigenvalue weighted by Gasteiger charge is -2.34. The average molecular weight is 671 g/mol. The van der Waals surface area contributed by atoms with E-state index in [1.807, 2.05) is 44.2 Å². The van der Waals surface area contributed by atoms with Gasteiger partial charge in [-0.25, -0.2) is 14.4 Å². The predicted octanol–water partition coefficient (Wildman–Crippen LogP) is 4.98. The van der Waals surface area contributed by atoms with Gasteiger partial charge in [-0.05, 0) is 63.9 Å². The molecule has 1 aromatic rings. The van der Waals surface area contributed by atoms with Crippen LogP contribution in [-0.2, 0) is 35.2 Å². The lowest BCUT2D eigenvalue weighted by atomic mass is 9.88. The van der Waals surface area contributed by atoms with E-state index in [-0.39, 0.29) is 38.1 Å². The second kappa shape index (κ2) is 19.5. The van der Waals surface area contributed by atoms with Crippen LogP contribution in [0.3, 0.4) is 0 Å². The number of methoxy groups -OCH3 is 1. The highest BCUT2D eigenvalue weighted by Gasteiger charge is 2.46. The summed E-state index contributed by atoms with van der Waals surface area (Å²) in [5, 5.41) is 5.46. The smallest absolute Gasteiger partial charge is 0.410 e. The lowest BCUT2D eigenvalue weighted by molar-refractivity contribution is -0.147. The van der Waals surface area contributed by atoms with E-state index in [0.29, 0.717) is 19.3 Å². The monoisotopic (exact) mass is 670 g/mol. The summed E-state index contributed by atoms with van der Waals surface area (Å²) in [7, 11) is 1.26. The molecule has 1 fully saturated rings. The number of hydrogen-bond acceptors (Lipinski definition) is 8. The Kier molecular flexibility index (Phi) is 16.2. The summed E-state index contributed by atoms with van der Waals surface area (Å²) in [5.74, 6) is -1.84. The summed E-state index contributed by atoms with van der Waals surface area (Å²) in [4.78, 5) is 69.9. The Labute approximate surface area is 285 Å². The Morgan fingerprint density at radius 1 is 1.02 bits per heavy atom. The maximum absolute atomic E-state index is 14.4. The van der Waals surface area contributed by atoms with Crippen LogP contribution in [0.5, 0.6) is 0 Å². The number of carbonyl (C=O) groups is 5. The molecule has 0 spiro atoms. The fourth-order valence-electron chi connectivity index (χ4n) is 5.63. The number of rotatable bonds is 17. The summed E-state index contributed by atoms with van der Waals surface area (Å²) in [6.45, 7) is 16.5. The van der Waals surface area contributed by atoms with Crippen molar-refractivity contribution in [2.75, 3.05) is 26.7 Å². The molecule has 0 aliphatic carbocycles. The van der Waals surface area contributed by atoms with Crippen LogP contribution in [-0.4, -0.2) is 90.2 Å². The molecule has 0 aromatic heterocycles. The molecule has 48 heavy (non-hydrogen) atoms. The van der Waals surface area contributed by atoms with Gasteiger partial charge in [-0.3, -0.25) is 9.59 Å². The van der Waals surface area contributed by atoms with Crippen molar-refractivity contribution in [2.24, 2.45) is 11.8 Å². The van der Waals surface area contributed by atoms with Crippen LogP contribution in [0.2, 0.25) is 0 Å². The fraction of sp³-hybridized carbons (Fsp3) is 0.583. The van der Waals surface area contributed by atoms with Gasteiger partial charge < -0.3 is 34.6 Å². The highest BCUT2D eigenvalue weighted by Crippen LogP contribution is 2.32. The normalized spacial score (nSPS) is 17.1. The molecule has 4 atom stereocenters. The van der Waals surface area contributed by atoms with Gasteiger partial charge in [-0.1, -0.05) is 62.8 Å². The molecular formula is C36H54N4O8. The average Bonchev–Trinajstić information content (AvgIpc) is 3.49. The van der Waals surface area contributed by atoms with E-state index >= 15 is 0 Å². The first-order valence-corrected chi connectivity index (χ1v) is 16.6. The first-order chi connectivity index (χ1) is 22.7. The van der Waals surface area contributed by atoms with E-state index in [4.69, 9.17) is 14.2 Å². The van der Waals surface area contributed by atoms with Crippen molar-refractivity contribution in [3.05, 3.63) is 61.2 Å². The fourth-order valence-corrected chi connectivity index (χ4v) is 5.63. The van der Waals surface area contributed by atoms with Gasteiger partial charge in [0.05, 0.1) is 13.7 Å². The third kappa shape index (κ3) is 12.7. The molecule has 1 aliphatic rings. The number of likely N-dealkylation sites (tertiary alicyclic amines) is 1. The Bertz CT molecular complexity index is 1250.